The first-order valence-corrected chi connectivity index (χ1v) is 7.29. The van der Waals surface area contributed by atoms with Crippen molar-refractivity contribution < 1.29 is 0 Å². The maximum atomic E-state index is 8.76. The molecular weight excluding hydrogens is 228 g/mol. The van der Waals surface area contributed by atoms with Gasteiger partial charge >= 0.3 is 0 Å². The van der Waals surface area contributed by atoms with Gasteiger partial charge in [0.25, 0.3) is 0 Å². The molecule has 0 aliphatic carbocycles. The molecule has 0 saturated carbocycles. The first kappa shape index (κ1) is 12.5. The number of hydrogen-bond acceptors (Lipinski definition) is 3. The van der Waals surface area contributed by atoms with E-state index in [1.165, 1.54) is 29.9 Å². The van der Waals surface area contributed by atoms with Crippen LogP contribution in [0.3, 0.4) is 0 Å². The molecule has 1 aromatic rings. The van der Waals surface area contributed by atoms with Crippen LogP contribution < -0.4 is 5.32 Å². The molecule has 1 heterocycles. The Balaban J connectivity index is 1.94. The highest BCUT2D eigenvalue weighted by molar-refractivity contribution is 7.99. The lowest BCUT2D eigenvalue weighted by atomic mass is 10.0. The van der Waals surface area contributed by atoms with Crippen molar-refractivity contribution in [2.45, 2.75) is 31.8 Å². The van der Waals surface area contributed by atoms with Gasteiger partial charge in [0.2, 0.25) is 0 Å². The summed E-state index contributed by atoms with van der Waals surface area (Å²) in [5.74, 6) is 2.55. The van der Waals surface area contributed by atoms with Crippen LogP contribution in [0.4, 0.5) is 0 Å². The Morgan fingerprint density at radius 2 is 1.94 bits per heavy atom. The molecule has 1 unspecified atom stereocenters. The van der Waals surface area contributed by atoms with E-state index in [2.05, 4.69) is 30.1 Å². The SMILES string of the molecule is CC(NC1CCSCC1)c1ccc(C#N)cc1. The number of hydrogen-bond donors (Lipinski definition) is 1. The summed E-state index contributed by atoms with van der Waals surface area (Å²) in [4.78, 5) is 0. The molecule has 1 fully saturated rings. The van der Waals surface area contributed by atoms with Gasteiger partial charge in [0.1, 0.15) is 0 Å². The third-order valence-corrected chi connectivity index (χ3v) is 4.30. The van der Waals surface area contributed by atoms with E-state index in [9.17, 15) is 0 Å². The lowest BCUT2D eigenvalue weighted by molar-refractivity contribution is 0.431. The number of thioether (sulfide) groups is 1. The van der Waals surface area contributed by atoms with E-state index >= 15 is 0 Å². The highest BCUT2D eigenvalue weighted by Gasteiger charge is 2.16. The zero-order chi connectivity index (χ0) is 12.1. The van der Waals surface area contributed by atoms with Gasteiger partial charge in [-0.1, -0.05) is 12.1 Å². The summed E-state index contributed by atoms with van der Waals surface area (Å²) in [6.45, 7) is 2.20. The Labute approximate surface area is 107 Å². The molecule has 1 aliphatic rings. The maximum Gasteiger partial charge on any atom is 0.0991 e. The van der Waals surface area contributed by atoms with Crippen LogP contribution in [0.2, 0.25) is 0 Å². The second-order valence-corrected chi connectivity index (χ2v) is 5.73. The van der Waals surface area contributed by atoms with Gasteiger partial charge in [-0.25, -0.2) is 0 Å². The maximum absolute atomic E-state index is 8.76. The Morgan fingerprint density at radius 3 is 2.53 bits per heavy atom. The predicted octanol–water partition coefficient (Wildman–Crippen LogP) is 3.10. The van der Waals surface area contributed by atoms with E-state index in [0.29, 0.717) is 12.1 Å². The minimum Gasteiger partial charge on any atom is -0.307 e. The molecular formula is C14H18N2S. The van der Waals surface area contributed by atoms with Gasteiger partial charge in [-0.05, 0) is 49.0 Å². The predicted molar refractivity (Wildman–Crippen MR) is 73.1 cm³/mol. The lowest BCUT2D eigenvalue weighted by Gasteiger charge is -2.26. The Hall–Kier alpha value is -0.980. The van der Waals surface area contributed by atoms with E-state index in [1.54, 1.807) is 0 Å². The standard InChI is InChI=1S/C14H18N2S/c1-11(16-14-6-8-17-9-7-14)13-4-2-12(10-15)3-5-13/h2-5,11,14,16H,6-9H2,1H3. The van der Waals surface area contributed by atoms with Crippen LogP contribution in [0.1, 0.15) is 36.9 Å². The van der Waals surface area contributed by atoms with Gasteiger partial charge in [0.15, 0.2) is 0 Å². The fourth-order valence-electron chi connectivity index (χ4n) is 2.16. The van der Waals surface area contributed by atoms with Gasteiger partial charge in [-0.2, -0.15) is 17.0 Å². The van der Waals surface area contributed by atoms with Crippen LogP contribution in [0, 0.1) is 11.3 Å². The molecule has 1 atom stereocenters. The molecule has 90 valence electrons. The summed E-state index contributed by atoms with van der Waals surface area (Å²) >= 11 is 2.05. The smallest absolute Gasteiger partial charge is 0.0991 e. The minimum absolute atomic E-state index is 0.371. The quantitative estimate of drug-likeness (QED) is 0.890. The summed E-state index contributed by atoms with van der Waals surface area (Å²) in [5.41, 5.74) is 2.00. The minimum atomic E-state index is 0.371. The van der Waals surface area contributed by atoms with Crippen LogP contribution >= 0.6 is 11.8 Å². The molecule has 0 radical (unpaired) electrons. The second-order valence-electron chi connectivity index (χ2n) is 4.51. The summed E-state index contributed by atoms with van der Waals surface area (Å²) in [7, 11) is 0. The summed E-state index contributed by atoms with van der Waals surface area (Å²) < 4.78 is 0. The normalized spacial score (nSPS) is 18.6. The van der Waals surface area contributed by atoms with Crippen LogP contribution in [0.15, 0.2) is 24.3 Å². The molecule has 2 nitrogen and oxygen atoms in total. The summed E-state index contributed by atoms with van der Waals surface area (Å²) in [6.07, 6.45) is 2.54. The van der Waals surface area contributed by atoms with Crippen LogP contribution in [-0.4, -0.2) is 17.5 Å². The van der Waals surface area contributed by atoms with E-state index in [1.807, 2.05) is 24.3 Å². The lowest BCUT2D eigenvalue weighted by Crippen LogP contribution is -2.34. The molecule has 1 N–H and O–H groups in total. The van der Waals surface area contributed by atoms with E-state index in [4.69, 9.17) is 5.26 Å². The average molecular weight is 246 g/mol. The van der Waals surface area contributed by atoms with Crippen molar-refractivity contribution in [2.24, 2.45) is 0 Å². The highest BCUT2D eigenvalue weighted by atomic mass is 32.2. The van der Waals surface area contributed by atoms with Crippen LogP contribution in [0.5, 0.6) is 0 Å². The van der Waals surface area contributed by atoms with Gasteiger partial charge in [0, 0.05) is 12.1 Å². The Bertz CT molecular complexity index is 388. The molecule has 1 aliphatic heterocycles. The molecule has 1 saturated heterocycles. The Morgan fingerprint density at radius 1 is 1.29 bits per heavy atom. The van der Waals surface area contributed by atoms with Crippen molar-refractivity contribution in [3.63, 3.8) is 0 Å². The molecule has 3 heteroatoms. The number of nitriles is 1. The zero-order valence-electron chi connectivity index (χ0n) is 10.1. The molecule has 0 spiro atoms. The third-order valence-electron chi connectivity index (χ3n) is 3.25. The number of rotatable bonds is 3. The van der Waals surface area contributed by atoms with E-state index in [0.717, 1.165) is 5.56 Å². The first-order valence-electron chi connectivity index (χ1n) is 6.13. The van der Waals surface area contributed by atoms with Gasteiger partial charge in [-0.3, -0.25) is 0 Å². The fourth-order valence-corrected chi connectivity index (χ4v) is 3.27. The highest BCUT2D eigenvalue weighted by Crippen LogP contribution is 2.21. The molecule has 0 bridgehead atoms. The summed E-state index contributed by atoms with van der Waals surface area (Å²) in [5, 5.41) is 12.4. The van der Waals surface area contributed by atoms with Crippen molar-refractivity contribution >= 4 is 11.8 Å². The molecule has 0 aromatic heterocycles. The molecule has 1 aromatic carbocycles. The average Bonchev–Trinajstić information content (AvgIpc) is 2.40. The zero-order valence-corrected chi connectivity index (χ0v) is 11.0. The van der Waals surface area contributed by atoms with Crippen LogP contribution in [-0.2, 0) is 0 Å². The topological polar surface area (TPSA) is 35.8 Å². The van der Waals surface area contributed by atoms with E-state index < -0.39 is 0 Å². The number of nitrogens with one attached hydrogen (secondary N) is 1. The molecule has 17 heavy (non-hydrogen) atoms. The first-order chi connectivity index (χ1) is 8.29. The third kappa shape index (κ3) is 3.49. The van der Waals surface area contributed by atoms with Crippen LogP contribution in [0.25, 0.3) is 0 Å². The van der Waals surface area contributed by atoms with Crippen molar-refractivity contribution in [1.29, 1.82) is 5.26 Å². The second kappa shape index (κ2) is 6.09. The number of nitrogens with zero attached hydrogens (tertiary/aromatic N) is 1. The molecule has 2 rings (SSSR count). The van der Waals surface area contributed by atoms with Crippen molar-refractivity contribution in [3.05, 3.63) is 35.4 Å². The summed E-state index contributed by atoms with van der Waals surface area (Å²) in [6, 6.07) is 11.1. The van der Waals surface area contributed by atoms with Gasteiger partial charge < -0.3 is 5.32 Å². The fraction of sp³-hybridized carbons (Fsp3) is 0.500. The van der Waals surface area contributed by atoms with Gasteiger partial charge in [0.05, 0.1) is 11.6 Å². The van der Waals surface area contributed by atoms with Crippen molar-refractivity contribution in [2.75, 3.05) is 11.5 Å². The Kier molecular flexibility index (Phi) is 4.47. The van der Waals surface area contributed by atoms with Gasteiger partial charge in [-0.15, -0.1) is 0 Å². The van der Waals surface area contributed by atoms with Crippen molar-refractivity contribution in [3.8, 4) is 6.07 Å². The monoisotopic (exact) mass is 246 g/mol. The van der Waals surface area contributed by atoms with E-state index in [-0.39, 0.29) is 0 Å². The largest absolute Gasteiger partial charge is 0.307 e. The van der Waals surface area contributed by atoms with Crippen molar-refractivity contribution in [1.82, 2.24) is 5.32 Å². The number of benzene rings is 1. The molecule has 0 amide bonds.